The van der Waals surface area contributed by atoms with E-state index in [9.17, 15) is 0 Å². The summed E-state index contributed by atoms with van der Waals surface area (Å²) in [6.45, 7) is 0. The number of para-hydroxylation sites is 8. The highest BCUT2D eigenvalue weighted by atomic mass is 32.3. The van der Waals surface area contributed by atoms with Gasteiger partial charge in [-0.15, -0.1) is 10.0 Å². The van der Waals surface area contributed by atoms with Crippen LogP contribution in [-0.4, -0.2) is 42.9 Å². The summed E-state index contributed by atoms with van der Waals surface area (Å²) in [5, 5.41) is 0. The molecule has 298 valence electrons. The van der Waals surface area contributed by atoms with Crippen molar-refractivity contribution in [2.45, 2.75) is 19.6 Å². The number of fused-ring (bicyclic) bond motifs is 10. The molecule has 13 rings (SSSR count). The molecule has 0 aliphatic carbocycles. The molecule has 0 atom stereocenters. The maximum atomic E-state index is 5.43. The van der Waals surface area contributed by atoms with Crippen molar-refractivity contribution in [3.63, 3.8) is 0 Å². The Morgan fingerprint density at radius 3 is 1.14 bits per heavy atom. The largest absolute Gasteiger partial charge is 0.276 e. The van der Waals surface area contributed by atoms with Crippen LogP contribution in [0.3, 0.4) is 0 Å². The molecular weight excluding hydrogens is 795 g/mol. The number of imidazole rings is 4. The molecule has 63 heavy (non-hydrogen) atoms. The molecular formula is C53H35N9S. The smallest absolute Gasteiger partial charge is 0.242 e. The van der Waals surface area contributed by atoms with Gasteiger partial charge in [0.1, 0.15) is 0 Å². The molecule has 0 N–H and O–H groups in total. The topological polar surface area (TPSA) is 83.1 Å². The Morgan fingerprint density at radius 2 is 0.683 bits per heavy atom. The predicted molar refractivity (Wildman–Crippen MR) is 251 cm³/mol. The summed E-state index contributed by atoms with van der Waals surface area (Å²) < 4.78 is 8.51. The Hall–Kier alpha value is -8.34. The molecule has 13 aromatic rings. The van der Waals surface area contributed by atoms with Crippen LogP contribution in [0.2, 0.25) is 0 Å². The molecule has 0 spiro atoms. The lowest BCUT2D eigenvalue weighted by Crippen LogP contribution is -2.11. The summed E-state index contributed by atoms with van der Waals surface area (Å²) in [5.74, 6) is 2.84. The first-order valence-corrected chi connectivity index (χ1v) is 22.5. The SMILES string of the molecule is c1ccc(S(c2ccccc2)(c2ccccc2)c2cccc(-c3nc(-n4c5ccccc5n5c6ccccc6nc45)nc(-n4c5ccccc5n5c6ccccc6nc45)n3)c2)cc1. The molecule has 0 unspecified atom stereocenters. The maximum absolute atomic E-state index is 5.43. The molecule has 0 amide bonds. The molecule has 0 radical (unpaired) electrons. The van der Waals surface area contributed by atoms with E-state index in [1.54, 1.807) is 0 Å². The van der Waals surface area contributed by atoms with Crippen LogP contribution in [0.15, 0.2) is 232 Å². The lowest BCUT2D eigenvalue weighted by molar-refractivity contribution is 0.877. The molecule has 5 aromatic heterocycles. The Bertz CT molecular complexity index is 3610. The molecule has 8 aromatic carbocycles. The first-order chi connectivity index (χ1) is 31.3. The Labute approximate surface area is 362 Å². The lowest BCUT2D eigenvalue weighted by Gasteiger charge is -2.42. The van der Waals surface area contributed by atoms with Gasteiger partial charge < -0.3 is 0 Å². The predicted octanol–water partition coefficient (Wildman–Crippen LogP) is 12.4. The highest BCUT2D eigenvalue weighted by Gasteiger charge is 2.34. The van der Waals surface area contributed by atoms with Gasteiger partial charge in [-0.2, -0.15) is 15.0 Å². The summed E-state index contributed by atoms with van der Waals surface area (Å²) >= 11 is 0. The lowest BCUT2D eigenvalue weighted by atomic mass is 10.2. The highest BCUT2D eigenvalue weighted by Crippen LogP contribution is 2.73. The summed E-state index contributed by atoms with van der Waals surface area (Å²) in [6.07, 6.45) is 0. The number of rotatable bonds is 7. The van der Waals surface area contributed by atoms with Crippen LogP contribution in [0, 0.1) is 0 Å². The van der Waals surface area contributed by atoms with Crippen molar-refractivity contribution in [3.05, 3.63) is 212 Å². The van der Waals surface area contributed by atoms with E-state index in [2.05, 4.69) is 182 Å². The van der Waals surface area contributed by atoms with Gasteiger partial charge in [-0.1, -0.05) is 115 Å². The number of benzene rings is 8. The second-order valence-electron chi connectivity index (χ2n) is 15.5. The van der Waals surface area contributed by atoms with Crippen LogP contribution in [-0.2, 0) is 0 Å². The van der Waals surface area contributed by atoms with Crippen molar-refractivity contribution in [1.29, 1.82) is 0 Å². The average molecular weight is 830 g/mol. The third kappa shape index (κ3) is 5.22. The summed E-state index contributed by atoms with van der Waals surface area (Å²) in [5.41, 5.74) is 8.51. The minimum Gasteiger partial charge on any atom is -0.276 e. The van der Waals surface area contributed by atoms with Crippen LogP contribution in [0.1, 0.15) is 0 Å². The zero-order valence-corrected chi connectivity index (χ0v) is 34.5. The van der Waals surface area contributed by atoms with E-state index in [0.717, 1.165) is 54.6 Å². The zero-order valence-electron chi connectivity index (χ0n) is 33.6. The molecule has 0 bridgehead atoms. The minimum absolute atomic E-state index is 0.446. The number of nitrogens with zero attached hydrogens (tertiary/aromatic N) is 9. The van der Waals surface area contributed by atoms with Crippen molar-refractivity contribution in [2.24, 2.45) is 0 Å². The van der Waals surface area contributed by atoms with E-state index in [1.807, 2.05) is 48.5 Å². The zero-order chi connectivity index (χ0) is 41.5. The van der Waals surface area contributed by atoms with Crippen molar-refractivity contribution in [3.8, 4) is 23.3 Å². The van der Waals surface area contributed by atoms with E-state index >= 15 is 0 Å². The highest BCUT2D eigenvalue weighted by molar-refractivity contribution is 8.34. The second kappa shape index (κ2) is 13.8. The van der Waals surface area contributed by atoms with Crippen LogP contribution in [0.5, 0.6) is 0 Å². The molecule has 0 saturated carbocycles. The Kier molecular flexibility index (Phi) is 7.79. The van der Waals surface area contributed by atoms with Gasteiger partial charge >= 0.3 is 0 Å². The van der Waals surface area contributed by atoms with Crippen LogP contribution < -0.4 is 0 Å². The molecule has 0 fully saturated rings. The molecule has 5 heterocycles. The summed E-state index contributed by atoms with van der Waals surface area (Å²) in [6, 6.07) is 74.5. The molecule has 9 nitrogen and oxygen atoms in total. The molecule has 0 aliphatic rings. The van der Waals surface area contributed by atoms with Crippen LogP contribution >= 0.6 is 10.0 Å². The Balaban J connectivity index is 1.13. The fourth-order valence-electron chi connectivity index (χ4n) is 9.30. The van der Waals surface area contributed by atoms with Gasteiger partial charge in [0, 0.05) is 25.1 Å². The number of hydrogen-bond acceptors (Lipinski definition) is 5. The van der Waals surface area contributed by atoms with Crippen LogP contribution in [0.4, 0.5) is 0 Å². The van der Waals surface area contributed by atoms with E-state index in [0.29, 0.717) is 29.3 Å². The van der Waals surface area contributed by atoms with E-state index < -0.39 is 10.0 Å². The molecule has 0 aliphatic heterocycles. The van der Waals surface area contributed by atoms with E-state index in [4.69, 9.17) is 24.9 Å². The quantitative estimate of drug-likeness (QED) is 0.160. The Morgan fingerprint density at radius 1 is 0.302 bits per heavy atom. The van der Waals surface area contributed by atoms with Gasteiger partial charge in [0.2, 0.25) is 23.5 Å². The van der Waals surface area contributed by atoms with Crippen molar-refractivity contribution < 1.29 is 0 Å². The summed E-state index contributed by atoms with van der Waals surface area (Å²) in [4.78, 5) is 31.5. The fraction of sp³-hybridized carbons (Fsp3) is 0. The van der Waals surface area contributed by atoms with Gasteiger partial charge in [-0.05, 0) is 97.1 Å². The van der Waals surface area contributed by atoms with Gasteiger partial charge in [0.15, 0.2) is 5.82 Å². The second-order valence-corrected chi connectivity index (χ2v) is 18.6. The fourth-order valence-corrected chi connectivity index (χ4v) is 13.2. The number of hydrogen-bond donors (Lipinski definition) is 0. The maximum Gasteiger partial charge on any atom is 0.242 e. The normalized spacial score (nSPS) is 12.4. The summed E-state index contributed by atoms with van der Waals surface area (Å²) in [7, 11) is -2.00. The number of aromatic nitrogens is 9. The molecule has 10 heteroatoms. The van der Waals surface area contributed by atoms with Crippen LogP contribution in [0.25, 0.3) is 79.0 Å². The third-order valence-electron chi connectivity index (χ3n) is 12.0. The van der Waals surface area contributed by atoms with Gasteiger partial charge in [-0.3, -0.25) is 8.80 Å². The first-order valence-electron chi connectivity index (χ1n) is 20.8. The van der Waals surface area contributed by atoms with E-state index in [-0.39, 0.29) is 0 Å². The van der Waals surface area contributed by atoms with E-state index in [1.165, 1.54) is 14.7 Å². The minimum atomic E-state index is -2.00. The van der Waals surface area contributed by atoms with Crippen molar-refractivity contribution in [1.82, 2.24) is 42.9 Å². The monoisotopic (exact) mass is 829 g/mol. The first kappa shape index (κ1) is 35.4. The average Bonchev–Trinajstić information content (AvgIpc) is 4.09. The molecule has 0 saturated heterocycles. The van der Waals surface area contributed by atoms with Gasteiger partial charge in [-0.25, -0.2) is 19.1 Å². The van der Waals surface area contributed by atoms with Crippen molar-refractivity contribution >= 4 is 65.7 Å². The van der Waals surface area contributed by atoms with Crippen molar-refractivity contribution in [2.75, 3.05) is 0 Å². The standard InChI is InChI=1S/C53H35N9S/c1-4-20-37(21-5-1)63(38-22-6-2-7-23-38,39-24-8-3-9-25-39)40-26-18-19-36(35-40)49-56-50(61-47-33-16-14-31-45(47)59-43-29-12-10-27-41(43)54-52(59)61)58-51(57-49)62-48-34-17-15-32-46(48)60-44-30-13-11-28-42(44)55-53(60)62/h1-35H. The van der Waals surface area contributed by atoms with Gasteiger partial charge in [0.05, 0.1) is 44.1 Å². The third-order valence-corrected chi connectivity index (χ3v) is 15.9. The van der Waals surface area contributed by atoms with Gasteiger partial charge in [0.25, 0.3) is 0 Å².